The van der Waals surface area contributed by atoms with Gasteiger partial charge in [-0.2, -0.15) is 0 Å². The lowest BCUT2D eigenvalue weighted by atomic mass is 9.77. The topological polar surface area (TPSA) is 67.7 Å². The third-order valence-corrected chi connectivity index (χ3v) is 9.58. The number of ether oxygens (including phenoxy) is 1. The van der Waals surface area contributed by atoms with E-state index in [0.29, 0.717) is 29.1 Å². The Bertz CT molecular complexity index is 1420. The van der Waals surface area contributed by atoms with E-state index in [0.717, 1.165) is 61.7 Å². The number of esters is 1. The molecule has 5 rings (SSSR count). The molecule has 0 radical (unpaired) electrons. The summed E-state index contributed by atoms with van der Waals surface area (Å²) >= 11 is 0. The second-order valence-electron chi connectivity index (χ2n) is 12.4. The molecule has 3 heterocycles. The number of pyridine rings is 1. The van der Waals surface area contributed by atoms with Crippen LogP contribution in [0.3, 0.4) is 0 Å². The van der Waals surface area contributed by atoms with Gasteiger partial charge in [0.05, 0.1) is 36.0 Å². The molecule has 7 nitrogen and oxygen atoms in total. The summed E-state index contributed by atoms with van der Waals surface area (Å²) in [6, 6.07) is 4.95. The summed E-state index contributed by atoms with van der Waals surface area (Å²) in [5, 5.41) is 1.16. The zero-order valence-electron chi connectivity index (χ0n) is 25.2. The van der Waals surface area contributed by atoms with Crippen molar-refractivity contribution in [3.63, 3.8) is 0 Å². The van der Waals surface area contributed by atoms with Crippen LogP contribution < -0.4 is 0 Å². The van der Waals surface area contributed by atoms with E-state index in [2.05, 4.69) is 29.9 Å². The number of fused-ring (bicyclic) bond motifs is 1. The number of amides is 1. The maximum absolute atomic E-state index is 14.4. The van der Waals surface area contributed by atoms with Gasteiger partial charge in [0.25, 0.3) is 5.91 Å². The van der Waals surface area contributed by atoms with Gasteiger partial charge in [-0.15, -0.1) is 0 Å². The molecule has 8 heteroatoms. The molecule has 1 aliphatic heterocycles. The number of rotatable bonds is 8. The highest BCUT2D eigenvalue weighted by molar-refractivity contribution is 5.99. The van der Waals surface area contributed by atoms with Gasteiger partial charge in [0.15, 0.2) is 0 Å². The maximum atomic E-state index is 14.4. The number of carbonyl (C=O) groups is 2. The molecule has 0 bridgehead atoms. The largest absolute Gasteiger partial charge is 0.469 e. The van der Waals surface area contributed by atoms with Crippen molar-refractivity contribution in [1.82, 2.24) is 19.4 Å². The van der Waals surface area contributed by atoms with Crippen molar-refractivity contribution in [2.75, 3.05) is 27.2 Å². The summed E-state index contributed by atoms with van der Waals surface area (Å²) in [5.74, 6) is 0.520. The number of hydrogen-bond donors (Lipinski definition) is 0. The fraction of sp³-hybridized carbons (Fsp3) is 0.545. The first-order chi connectivity index (χ1) is 19.6. The molecule has 1 atom stereocenters. The predicted molar refractivity (Wildman–Crippen MR) is 159 cm³/mol. The van der Waals surface area contributed by atoms with Crippen LogP contribution in [0.1, 0.15) is 67.9 Å². The molecule has 1 amide bonds. The Kier molecular flexibility index (Phi) is 8.50. The van der Waals surface area contributed by atoms with E-state index in [1.54, 1.807) is 18.0 Å². The number of aromatic nitrogens is 2. The highest BCUT2D eigenvalue weighted by Gasteiger charge is 2.37. The molecular formula is C33H43FN4O3. The van der Waals surface area contributed by atoms with Crippen LogP contribution in [-0.4, -0.2) is 70.6 Å². The zero-order chi connectivity index (χ0) is 29.4. The molecule has 41 heavy (non-hydrogen) atoms. The molecule has 3 aromatic rings. The number of aryl methyl sites for hydroxylation is 1. The molecule has 220 valence electrons. The van der Waals surface area contributed by atoms with E-state index in [4.69, 9.17) is 4.74 Å². The van der Waals surface area contributed by atoms with Crippen molar-refractivity contribution in [1.29, 1.82) is 0 Å². The highest BCUT2D eigenvalue weighted by Crippen LogP contribution is 2.37. The third kappa shape index (κ3) is 5.76. The molecule has 1 saturated carbocycles. The van der Waals surface area contributed by atoms with Crippen molar-refractivity contribution >= 4 is 22.8 Å². The van der Waals surface area contributed by atoms with Crippen LogP contribution in [0.25, 0.3) is 16.6 Å². The lowest BCUT2D eigenvalue weighted by Crippen LogP contribution is -2.54. The Labute approximate surface area is 242 Å². The number of carbonyl (C=O) groups excluding carboxylic acids is 2. The number of hydrogen-bond acceptors (Lipinski definition) is 5. The van der Waals surface area contributed by atoms with Gasteiger partial charge in [0.1, 0.15) is 5.82 Å². The summed E-state index contributed by atoms with van der Waals surface area (Å²) < 4.78 is 21.4. The van der Waals surface area contributed by atoms with E-state index in [1.165, 1.54) is 24.8 Å². The molecule has 0 spiro atoms. The normalized spacial score (nSPS) is 20.7. The second kappa shape index (κ2) is 11.9. The minimum Gasteiger partial charge on any atom is -0.469 e. The summed E-state index contributed by atoms with van der Waals surface area (Å²) in [4.78, 5) is 34.0. The molecule has 1 aliphatic carbocycles. The van der Waals surface area contributed by atoms with Crippen molar-refractivity contribution in [2.24, 2.45) is 17.8 Å². The Hall–Kier alpha value is -3.26. The van der Waals surface area contributed by atoms with Gasteiger partial charge in [-0.25, -0.2) is 4.39 Å². The number of halogens is 1. The molecule has 0 N–H and O–H groups in total. The molecule has 2 aromatic heterocycles. The van der Waals surface area contributed by atoms with Crippen LogP contribution in [0.5, 0.6) is 0 Å². The number of nitrogens with zero attached hydrogens (tertiary/aromatic N) is 4. The quantitative estimate of drug-likeness (QED) is 0.325. The Balaban J connectivity index is 1.34. The maximum Gasteiger partial charge on any atom is 0.308 e. The number of benzene rings is 1. The third-order valence-electron chi connectivity index (χ3n) is 9.58. The van der Waals surface area contributed by atoms with Crippen LogP contribution >= 0.6 is 0 Å². The average Bonchev–Trinajstić information content (AvgIpc) is 3.32. The lowest BCUT2D eigenvalue weighted by Gasteiger charge is -2.47. The van der Waals surface area contributed by atoms with Gasteiger partial charge >= 0.3 is 5.97 Å². The van der Waals surface area contributed by atoms with Gasteiger partial charge < -0.3 is 14.2 Å². The second-order valence-corrected chi connectivity index (χ2v) is 12.4. The molecule has 0 unspecified atom stereocenters. The van der Waals surface area contributed by atoms with E-state index < -0.39 is 5.82 Å². The fourth-order valence-corrected chi connectivity index (χ4v) is 6.79. The van der Waals surface area contributed by atoms with Crippen LogP contribution in [-0.2, 0) is 16.0 Å². The van der Waals surface area contributed by atoms with Gasteiger partial charge in [0.2, 0.25) is 0 Å². The standard InChI is InChI=1S/C33H43FN4O3/c1-20(2)36(5)32(39)28-14-27(34)11-12-29(28)38-19-26(31-21(3)15-35-16-30(31)38)13-23-17-37(18-23)22(4)24-7-9-25(10-8-24)33(40)41-6/h11-12,14-16,19-20,22-25H,7-10,13,17-18H2,1-6H3/t22-,24-,25-/m1/s1. The first-order valence-corrected chi connectivity index (χ1v) is 14.9. The Morgan fingerprint density at radius 2 is 1.83 bits per heavy atom. The number of likely N-dealkylation sites (tertiary alicyclic amines) is 1. The molecule has 1 aromatic carbocycles. The smallest absolute Gasteiger partial charge is 0.308 e. The Morgan fingerprint density at radius 1 is 1.12 bits per heavy atom. The van der Waals surface area contributed by atoms with Crippen LogP contribution in [0.4, 0.5) is 4.39 Å². The first-order valence-electron chi connectivity index (χ1n) is 14.9. The minimum absolute atomic E-state index is 0.00802. The number of methoxy groups -OCH3 is 1. The van der Waals surface area contributed by atoms with Crippen LogP contribution in [0, 0.1) is 30.5 Å². The summed E-state index contributed by atoms with van der Waals surface area (Å²) in [6.45, 7) is 10.4. The summed E-state index contributed by atoms with van der Waals surface area (Å²) in [7, 11) is 3.23. The Morgan fingerprint density at radius 3 is 2.49 bits per heavy atom. The van der Waals surface area contributed by atoms with Crippen molar-refractivity contribution in [3.05, 3.63) is 59.3 Å². The van der Waals surface area contributed by atoms with Gasteiger partial charge in [-0.3, -0.25) is 19.5 Å². The summed E-state index contributed by atoms with van der Waals surface area (Å²) in [5.41, 5.74) is 4.27. The van der Waals surface area contributed by atoms with E-state index in [1.807, 2.05) is 30.8 Å². The highest BCUT2D eigenvalue weighted by atomic mass is 19.1. The fourth-order valence-electron chi connectivity index (χ4n) is 6.79. The van der Waals surface area contributed by atoms with Crippen molar-refractivity contribution in [3.8, 4) is 5.69 Å². The van der Waals surface area contributed by atoms with Crippen molar-refractivity contribution in [2.45, 2.75) is 71.9 Å². The SMILES string of the molecule is COC(=O)[C@H]1CC[C@H]([C@@H](C)N2CC(Cc3cn(-c4ccc(F)cc4C(=O)N(C)C(C)C)c4cncc(C)c34)C2)CC1. The average molecular weight is 563 g/mol. The molecule has 1 saturated heterocycles. The van der Waals surface area contributed by atoms with Crippen LogP contribution in [0.15, 0.2) is 36.8 Å². The minimum atomic E-state index is -0.428. The van der Waals surface area contributed by atoms with Gasteiger partial charge in [-0.1, -0.05) is 0 Å². The first kappa shape index (κ1) is 29.2. The summed E-state index contributed by atoms with van der Waals surface area (Å²) in [6.07, 6.45) is 10.8. The molecular weight excluding hydrogens is 519 g/mol. The van der Waals surface area contributed by atoms with E-state index >= 15 is 0 Å². The van der Waals surface area contributed by atoms with E-state index in [-0.39, 0.29) is 23.8 Å². The van der Waals surface area contributed by atoms with Crippen LogP contribution in [0.2, 0.25) is 0 Å². The predicted octanol–water partition coefficient (Wildman–Crippen LogP) is 5.80. The molecule has 2 fully saturated rings. The molecule has 2 aliphatic rings. The van der Waals surface area contributed by atoms with E-state index in [9.17, 15) is 14.0 Å². The van der Waals surface area contributed by atoms with Gasteiger partial charge in [0, 0.05) is 50.0 Å². The zero-order valence-corrected chi connectivity index (χ0v) is 25.2. The van der Waals surface area contributed by atoms with Crippen molar-refractivity contribution < 1.29 is 18.7 Å². The monoisotopic (exact) mass is 562 g/mol. The lowest BCUT2D eigenvalue weighted by molar-refractivity contribution is -0.147. The van der Waals surface area contributed by atoms with Gasteiger partial charge in [-0.05, 0) is 101 Å².